The molecule has 2 aliphatic rings. The van der Waals surface area contributed by atoms with E-state index in [0.29, 0.717) is 18.8 Å². The standard InChI is InChI=1S/C17H22NO4.CHF3O3S/c1-15(2)16(3)7-8-17(15,14(20)22-11-16)13(19)18-9-5-12(21-4)6-10-18;2-1(3,4)8(5,6)7/h5-6,9-10H,7-8,11H2,1-4H3;(H,5,6,7)/q+1;/p-1/t16-,17-;/m0./s1. The van der Waals surface area contributed by atoms with E-state index < -0.39 is 26.5 Å². The van der Waals surface area contributed by atoms with Gasteiger partial charge in [0, 0.05) is 23.0 Å². The zero-order valence-electron chi connectivity index (χ0n) is 16.8. The second kappa shape index (κ2) is 7.49. The third-order valence-electron chi connectivity index (χ3n) is 6.42. The first-order valence-corrected chi connectivity index (χ1v) is 10.2. The number of pyridine rings is 1. The maximum Gasteiger partial charge on any atom is 0.485 e. The number of cyclic esters (lactones) is 1. The molecule has 12 heteroatoms. The van der Waals surface area contributed by atoms with Crippen LogP contribution in [0.2, 0.25) is 0 Å². The number of halogens is 3. The van der Waals surface area contributed by atoms with E-state index in [4.69, 9.17) is 22.4 Å². The number of nitrogens with zero attached hydrogens (tertiary/aromatic N) is 1. The van der Waals surface area contributed by atoms with Crippen LogP contribution in [0.1, 0.15) is 38.4 Å². The van der Waals surface area contributed by atoms with Gasteiger partial charge in [-0.1, -0.05) is 20.8 Å². The SMILES string of the molecule is COc1cc[n+](C(=O)[C@@]23CC[C@@](C)(COC2=O)C3(C)C)cc1.O=S(=O)([O-])C(F)(F)F. The number of rotatable bonds is 2. The van der Waals surface area contributed by atoms with Crippen molar-refractivity contribution in [2.75, 3.05) is 13.7 Å². The van der Waals surface area contributed by atoms with Gasteiger partial charge in [-0.2, -0.15) is 13.2 Å². The van der Waals surface area contributed by atoms with Gasteiger partial charge in [-0.05, 0) is 12.8 Å². The van der Waals surface area contributed by atoms with Crippen molar-refractivity contribution in [3.05, 3.63) is 24.5 Å². The average Bonchev–Trinajstić information content (AvgIpc) is 2.75. The van der Waals surface area contributed by atoms with Gasteiger partial charge in [0.1, 0.15) is 5.75 Å². The molecule has 1 aromatic heterocycles. The Morgan fingerprint density at radius 3 is 2.13 bits per heavy atom. The lowest BCUT2D eigenvalue weighted by Crippen LogP contribution is -2.64. The first-order chi connectivity index (χ1) is 13.5. The summed E-state index contributed by atoms with van der Waals surface area (Å²) in [4.78, 5) is 25.8. The number of methoxy groups -OCH3 is 1. The molecule has 0 radical (unpaired) electrons. The number of carbonyl (C=O) groups is 2. The molecule has 8 nitrogen and oxygen atoms in total. The van der Waals surface area contributed by atoms with Gasteiger partial charge in [-0.25, -0.2) is 13.2 Å². The fraction of sp³-hybridized carbons (Fsp3) is 0.611. The smallest absolute Gasteiger partial charge is 0.485 e. The summed E-state index contributed by atoms with van der Waals surface area (Å²) >= 11 is 0. The molecule has 0 spiro atoms. The number of esters is 1. The summed E-state index contributed by atoms with van der Waals surface area (Å²) < 4.78 is 70.9. The Bertz CT molecular complexity index is 944. The van der Waals surface area contributed by atoms with Crippen LogP contribution in [0.15, 0.2) is 24.5 Å². The minimum Gasteiger partial charge on any atom is -0.741 e. The van der Waals surface area contributed by atoms with E-state index in [-0.39, 0.29) is 17.3 Å². The zero-order valence-corrected chi connectivity index (χ0v) is 17.6. The largest absolute Gasteiger partial charge is 0.741 e. The Hall–Kier alpha value is -2.21. The lowest BCUT2D eigenvalue weighted by Gasteiger charge is -2.48. The topological polar surface area (TPSA) is 114 Å². The van der Waals surface area contributed by atoms with E-state index in [2.05, 4.69) is 6.92 Å². The predicted octanol–water partition coefficient (Wildman–Crippen LogP) is 2.04. The number of alkyl halides is 3. The molecule has 0 unspecified atom stereocenters. The van der Waals surface area contributed by atoms with E-state index in [1.54, 1.807) is 31.6 Å². The van der Waals surface area contributed by atoms with Gasteiger partial charge in [-0.15, -0.1) is 4.57 Å². The van der Waals surface area contributed by atoms with Crippen LogP contribution in [0.5, 0.6) is 5.75 Å². The van der Waals surface area contributed by atoms with E-state index in [1.807, 2.05) is 13.8 Å². The molecule has 30 heavy (non-hydrogen) atoms. The first kappa shape index (κ1) is 24.1. The van der Waals surface area contributed by atoms with Crippen molar-refractivity contribution < 1.29 is 49.8 Å². The summed E-state index contributed by atoms with van der Waals surface area (Å²) in [5, 5.41) is 0. The third kappa shape index (κ3) is 3.66. The van der Waals surface area contributed by atoms with E-state index in [9.17, 15) is 22.8 Å². The lowest BCUT2D eigenvalue weighted by atomic mass is 9.57. The van der Waals surface area contributed by atoms with Crippen molar-refractivity contribution in [3.8, 4) is 5.75 Å². The average molecular weight is 453 g/mol. The van der Waals surface area contributed by atoms with Crippen molar-refractivity contribution in [2.24, 2.45) is 16.2 Å². The Morgan fingerprint density at radius 2 is 1.70 bits per heavy atom. The molecule has 1 saturated heterocycles. The molecule has 168 valence electrons. The molecule has 2 fully saturated rings. The number of fused-ring (bicyclic) bond motifs is 2. The van der Waals surface area contributed by atoms with Crippen LogP contribution in [-0.4, -0.2) is 44.1 Å². The van der Waals surface area contributed by atoms with Crippen molar-refractivity contribution >= 4 is 22.0 Å². The van der Waals surface area contributed by atoms with E-state index in [1.165, 1.54) is 4.57 Å². The molecule has 1 saturated carbocycles. The normalized spacial score (nSPS) is 27.5. The molecule has 1 aromatic rings. The molecule has 2 atom stereocenters. The highest BCUT2D eigenvalue weighted by Crippen LogP contribution is 2.65. The highest BCUT2D eigenvalue weighted by molar-refractivity contribution is 7.86. The molecule has 1 aliphatic heterocycles. The molecule has 3 rings (SSSR count). The summed E-state index contributed by atoms with van der Waals surface area (Å²) in [6.45, 7) is 6.53. The lowest BCUT2D eigenvalue weighted by molar-refractivity contribution is -0.581. The van der Waals surface area contributed by atoms with Crippen LogP contribution in [0.4, 0.5) is 13.2 Å². The maximum absolute atomic E-state index is 13.2. The minimum absolute atomic E-state index is 0.163. The molecule has 2 bridgehead atoms. The van der Waals surface area contributed by atoms with Gasteiger partial charge in [-0.3, -0.25) is 4.79 Å². The second-order valence-corrected chi connectivity index (χ2v) is 9.39. The van der Waals surface area contributed by atoms with E-state index in [0.717, 1.165) is 6.42 Å². The molecular formula is C18H22F3NO7S. The third-order valence-corrected chi connectivity index (χ3v) is 6.98. The number of hydrogen-bond donors (Lipinski definition) is 0. The number of hydrogen-bond acceptors (Lipinski definition) is 7. The molecule has 0 aromatic carbocycles. The Labute approximate surface area is 171 Å². The Morgan fingerprint density at radius 1 is 1.20 bits per heavy atom. The van der Waals surface area contributed by atoms with Crippen molar-refractivity contribution in [1.29, 1.82) is 0 Å². The second-order valence-electron chi connectivity index (χ2n) is 8.02. The Kier molecular flexibility index (Phi) is 6.00. The molecule has 0 amide bonds. The zero-order chi connectivity index (χ0) is 23.2. The number of ether oxygens (including phenoxy) is 2. The molecule has 1 aliphatic carbocycles. The summed E-state index contributed by atoms with van der Waals surface area (Å²) in [5.41, 5.74) is -7.37. The Balaban J connectivity index is 0.000000343. The highest BCUT2D eigenvalue weighted by atomic mass is 32.2. The summed E-state index contributed by atoms with van der Waals surface area (Å²) in [6.07, 6.45) is 4.63. The molecular weight excluding hydrogens is 431 g/mol. The van der Waals surface area contributed by atoms with Crippen LogP contribution in [0.3, 0.4) is 0 Å². The first-order valence-electron chi connectivity index (χ1n) is 8.83. The fourth-order valence-electron chi connectivity index (χ4n) is 3.93. The molecule has 0 N–H and O–H groups in total. The maximum atomic E-state index is 13.2. The quantitative estimate of drug-likeness (QED) is 0.221. The van der Waals surface area contributed by atoms with Crippen LogP contribution >= 0.6 is 0 Å². The van der Waals surface area contributed by atoms with Crippen LogP contribution in [0, 0.1) is 16.2 Å². The van der Waals surface area contributed by atoms with Crippen molar-refractivity contribution in [1.82, 2.24) is 0 Å². The minimum atomic E-state index is -6.09. The monoisotopic (exact) mass is 453 g/mol. The molecule has 2 heterocycles. The summed E-state index contributed by atoms with van der Waals surface area (Å²) in [6, 6.07) is 3.42. The highest BCUT2D eigenvalue weighted by Gasteiger charge is 2.74. The van der Waals surface area contributed by atoms with Crippen LogP contribution < -0.4 is 9.30 Å². The number of aromatic nitrogens is 1. The summed E-state index contributed by atoms with van der Waals surface area (Å²) in [5.74, 6) is 0.0673. The van der Waals surface area contributed by atoms with Gasteiger partial charge in [0.25, 0.3) is 0 Å². The van der Waals surface area contributed by atoms with Gasteiger partial charge in [0.2, 0.25) is 0 Å². The number of carbonyl (C=O) groups excluding carboxylic acids is 2. The van der Waals surface area contributed by atoms with Gasteiger partial charge >= 0.3 is 17.4 Å². The van der Waals surface area contributed by atoms with Gasteiger partial charge in [0.05, 0.1) is 13.7 Å². The predicted molar refractivity (Wildman–Crippen MR) is 94.1 cm³/mol. The van der Waals surface area contributed by atoms with Gasteiger partial charge < -0.3 is 14.0 Å². The fourth-order valence-corrected chi connectivity index (χ4v) is 3.93. The summed E-state index contributed by atoms with van der Waals surface area (Å²) in [7, 11) is -4.52. The van der Waals surface area contributed by atoms with Gasteiger partial charge in [0.15, 0.2) is 27.9 Å². The van der Waals surface area contributed by atoms with E-state index >= 15 is 0 Å². The van der Waals surface area contributed by atoms with Crippen molar-refractivity contribution in [2.45, 2.75) is 39.1 Å². The van der Waals surface area contributed by atoms with Crippen LogP contribution in [0.25, 0.3) is 0 Å². The van der Waals surface area contributed by atoms with Crippen LogP contribution in [-0.2, 0) is 19.6 Å². The van der Waals surface area contributed by atoms with Crippen molar-refractivity contribution in [3.63, 3.8) is 0 Å².